The Labute approximate surface area is 100 Å². The SMILES string of the molecule is CCSC1CCC(Nc2cncc(N)n2)C1. The number of hydrogen-bond acceptors (Lipinski definition) is 5. The van der Waals surface area contributed by atoms with Crippen molar-refractivity contribution < 1.29 is 0 Å². The van der Waals surface area contributed by atoms with E-state index in [1.54, 1.807) is 12.4 Å². The molecule has 88 valence electrons. The molecule has 1 aliphatic carbocycles. The summed E-state index contributed by atoms with van der Waals surface area (Å²) in [5, 5.41) is 4.21. The minimum absolute atomic E-state index is 0.475. The average Bonchev–Trinajstić information content (AvgIpc) is 2.66. The number of nitrogens with zero attached hydrogens (tertiary/aromatic N) is 2. The van der Waals surface area contributed by atoms with E-state index in [9.17, 15) is 0 Å². The van der Waals surface area contributed by atoms with Crippen LogP contribution in [-0.2, 0) is 0 Å². The van der Waals surface area contributed by atoms with E-state index < -0.39 is 0 Å². The van der Waals surface area contributed by atoms with Gasteiger partial charge in [0.25, 0.3) is 0 Å². The minimum atomic E-state index is 0.475. The smallest absolute Gasteiger partial charge is 0.147 e. The van der Waals surface area contributed by atoms with E-state index in [1.165, 1.54) is 25.0 Å². The van der Waals surface area contributed by atoms with Crippen molar-refractivity contribution in [2.24, 2.45) is 0 Å². The molecule has 0 saturated heterocycles. The summed E-state index contributed by atoms with van der Waals surface area (Å²) in [5.74, 6) is 2.48. The van der Waals surface area contributed by atoms with Gasteiger partial charge in [-0.1, -0.05) is 6.92 Å². The van der Waals surface area contributed by atoms with Crippen LogP contribution in [0.4, 0.5) is 11.6 Å². The van der Waals surface area contributed by atoms with Gasteiger partial charge in [0.05, 0.1) is 12.4 Å². The highest BCUT2D eigenvalue weighted by Gasteiger charge is 2.24. The van der Waals surface area contributed by atoms with Crippen molar-refractivity contribution in [3.63, 3.8) is 0 Å². The Hall–Kier alpha value is -0.970. The van der Waals surface area contributed by atoms with Crippen molar-refractivity contribution in [1.29, 1.82) is 0 Å². The first-order valence-electron chi connectivity index (χ1n) is 5.73. The summed E-state index contributed by atoms with van der Waals surface area (Å²) >= 11 is 2.06. The van der Waals surface area contributed by atoms with Crippen LogP contribution in [-0.4, -0.2) is 27.0 Å². The molecule has 16 heavy (non-hydrogen) atoms. The first-order chi connectivity index (χ1) is 7.78. The summed E-state index contributed by atoms with van der Waals surface area (Å²) in [6.07, 6.45) is 7.03. The van der Waals surface area contributed by atoms with Gasteiger partial charge >= 0.3 is 0 Å². The summed E-state index contributed by atoms with van der Waals surface area (Å²) in [6, 6.07) is 0.528. The van der Waals surface area contributed by atoms with Crippen LogP contribution < -0.4 is 11.1 Å². The second-order valence-corrected chi connectivity index (χ2v) is 5.64. The zero-order chi connectivity index (χ0) is 11.4. The molecule has 1 saturated carbocycles. The summed E-state index contributed by atoms with van der Waals surface area (Å²) in [5.41, 5.74) is 5.59. The van der Waals surface area contributed by atoms with E-state index >= 15 is 0 Å². The van der Waals surface area contributed by atoms with Crippen LogP contribution in [0.3, 0.4) is 0 Å². The van der Waals surface area contributed by atoms with Crippen molar-refractivity contribution in [3.8, 4) is 0 Å². The molecule has 1 heterocycles. The minimum Gasteiger partial charge on any atom is -0.382 e. The Kier molecular flexibility index (Phi) is 3.88. The quantitative estimate of drug-likeness (QED) is 0.841. The van der Waals surface area contributed by atoms with Crippen molar-refractivity contribution in [2.75, 3.05) is 16.8 Å². The molecule has 0 aromatic carbocycles. The van der Waals surface area contributed by atoms with Gasteiger partial charge in [0, 0.05) is 11.3 Å². The van der Waals surface area contributed by atoms with Gasteiger partial charge in [-0.25, -0.2) is 4.98 Å². The number of nitrogens with one attached hydrogen (secondary N) is 1. The first kappa shape index (κ1) is 11.5. The fraction of sp³-hybridized carbons (Fsp3) is 0.636. The fourth-order valence-corrected chi connectivity index (χ4v) is 3.26. The van der Waals surface area contributed by atoms with Crippen LogP contribution in [0.5, 0.6) is 0 Å². The van der Waals surface area contributed by atoms with Crippen LogP contribution in [0.25, 0.3) is 0 Å². The number of anilines is 2. The standard InChI is InChI=1S/C11H18N4S/c1-2-16-9-4-3-8(5-9)14-11-7-13-6-10(12)15-11/h6-9H,2-5H2,1H3,(H3,12,14,15). The molecule has 0 bridgehead atoms. The monoisotopic (exact) mass is 238 g/mol. The predicted molar refractivity (Wildman–Crippen MR) is 69.6 cm³/mol. The highest BCUT2D eigenvalue weighted by Crippen LogP contribution is 2.31. The molecular formula is C11H18N4S. The van der Waals surface area contributed by atoms with Crippen LogP contribution in [0.15, 0.2) is 12.4 Å². The van der Waals surface area contributed by atoms with Crippen LogP contribution >= 0.6 is 11.8 Å². The second kappa shape index (κ2) is 5.39. The highest BCUT2D eigenvalue weighted by molar-refractivity contribution is 7.99. The number of nitrogen functional groups attached to an aromatic ring is 1. The second-order valence-electron chi connectivity index (χ2n) is 4.06. The van der Waals surface area contributed by atoms with Gasteiger partial charge in [-0.15, -0.1) is 0 Å². The maximum atomic E-state index is 5.59. The third-order valence-electron chi connectivity index (χ3n) is 2.79. The molecule has 3 N–H and O–H groups in total. The number of thioether (sulfide) groups is 1. The molecule has 1 fully saturated rings. The largest absolute Gasteiger partial charge is 0.382 e. The third kappa shape index (κ3) is 3.01. The summed E-state index contributed by atoms with van der Waals surface area (Å²) in [4.78, 5) is 8.23. The van der Waals surface area contributed by atoms with Gasteiger partial charge in [-0.2, -0.15) is 11.8 Å². The Balaban J connectivity index is 1.87. The Morgan fingerprint density at radius 3 is 3.12 bits per heavy atom. The van der Waals surface area contributed by atoms with E-state index in [4.69, 9.17) is 5.73 Å². The van der Waals surface area contributed by atoms with Gasteiger partial charge in [0.2, 0.25) is 0 Å². The lowest BCUT2D eigenvalue weighted by molar-refractivity contribution is 0.751. The predicted octanol–water partition coefficient (Wildman–Crippen LogP) is 2.14. The lowest BCUT2D eigenvalue weighted by Crippen LogP contribution is -2.17. The van der Waals surface area contributed by atoms with Gasteiger partial charge < -0.3 is 11.1 Å². The lowest BCUT2D eigenvalue weighted by Gasteiger charge is -2.13. The van der Waals surface area contributed by atoms with E-state index in [1.807, 2.05) is 0 Å². The first-order valence-corrected chi connectivity index (χ1v) is 6.78. The van der Waals surface area contributed by atoms with Crippen molar-refractivity contribution in [1.82, 2.24) is 9.97 Å². The summed E-state index contributed by atoms with van der Waals surface area (Å²) in [6.45, 7) is 2.22. The van der Waals surface area contributed by atoms with Gasteiger partial charge in [0.15, 0.2) is 0 Å². The number of nitrogens with two attached hydrogens (primary N) is 1. The number of hydrogen-bond donors (Lipinski definition) is 2. The highest BCUT2D eigenvalue weighted by atomic mass is 32.2. The zero-order valence-electron chi connectivity index (χ0n) is 9.52. The van der Waals surface area contributed by atoms with E-state index in [0.717, 1.165) is 11.1 Å². The van der Waals surface area contributed by atoms with Gasteiger partial charge in [0.1, 0.15) is 11.6 Å². The van der Waals surface area contributed by atoms with Crippen molar-refractivity contribution in [2.45, 2.75) is 37.5 Å². The molecular weight excluding hydrogens is 220 g/mol. The van der Waals surface area contributed by atoms with E-state index in [2.05, 4.69) is 34.0 Å². The van der Waals surface area contributed by atoms with Crippen molar-refractivity contribution >= 4 is 23.4 Å². The Morgan fingerprint density at radius 1 is 1.50 bits per heavy atom. The van der Waals surface area contributed by atoms with E-state index in [0.29, 0.717) is 11.9 Å². The van der Waals surface area contributed by atoms with Gasteiger partial charge in [-0.3, -0.25) is 4.98 Å². The summed E-state index contributed by atoms with van der Waals surface area (Å²) in [7, 11) is 0. The molecule has 0 amide bonds. The lowest BCUT2D eigenvalue weighted by atomic mass is 10.2. The van der Waals surface area contributed by atoms with Crippen LogP contribution in [0.1, 0.15) is 26.2 Å². The molecule has 2 atom stereocenters. The zero-order valence-corrected chi connectivity index (χ0v) is 10.3. The molecule has 5 heteroatoms. The molecule has 1 aromatic heterocycles. The number of aromatic nitrogens is 2. The topological polar surface area (TPSA) is 63.8 Å². The maximum absolute atomic E-state index is 5.59. The van der Waals surface area contributed by atoms with E-state index in [-0.39, 0.29) is 0 Å². The summed E-state index contributed by atoms with van der Waals surface area (Å²) < 4.78 is 0. The number of rotatable bonds is 4. The maximum Gasteiger partial charge on any atom is 0.147 e. The normalized spacial score (nSPS) is 24.6. The molecule has 0 aliphatic heterocycles. The fourth-order valence-electron chi connectivity index (χ4n) is 2.12. The Morgan fingerprint density at radius 2 is 2.38 bits per heavy atom. The molecule has 2 rings (SSSR count). The van der Waals surface area contributed by atoms with Crippen molar-refractivity contribution in [3.05, 3.63) is 12.4 Å². The Bertz CT molecular complexity index is 345. The van der Waals surface area contributed by atoms with Gasteiger partial charge in [-0.05, 0) is 25.0 Å². The van der Waals surface area contributed by atoms with Crippen LogP contribution in [0, 0.1) is 0 Å². The molecule has 2 unspecified atom stereocenters. The molecule has 0 radical (unpaired) electrons. The average molecular weight is 238 g/mol. The molecule has 0 spiro atoms. The van der Waals surface area contributed by atoms with Crippen LogP contribution in [0.2, 0.25) is 0 Å². The molecule has 4 nitrogen and oxygen atoms in total. The third-order valence-corrected chi connectivity index (χ3v) is 4.02. The molecule has 1 aromatic rings. The molecule has 1 aliphatic rings.